The monoisotopic (exact) mass is 241 g/mol. The largest absolute Gasteiger partial charge is 0.338 e. The van der Waals surface area contributed by atoms with Gasteiger partial charge in [0.1, 0.15) is 0 Å². The molecule has 1 atom stereocenters. The van der Waals surface area contributed by atoms with Crippen molar-refractivity contribution in [3.05, 3.63) is 0 Å². The molecule has 0 aliphatic carbocycles. The van der Waals surface area contributed by atoms with Gasteiger partial charge in [0.15, 0.2) is 0 Å². The molecule has 1 rings (SSSR count). The zero-order valence-corrected chi connectivity index (χ0v) is 12.1. The third kappa shape index (κ3) is 3.42. The number of hydrogen-bond donors (Lipinski definition) is 1. The van der Waals surface area contributed by atoms with Crippen molar-refractivity contribution in [2.45, 2.75) is 58.7 Å². The summed E-state index contributed by atoms with van der Waals surface area (Å²) < 4.78 is 0. The fourth-order valence-electron chi connectivity index (χ4n) is 2.55. The summed E-state index contributed by atoms with van der Waals surface area (Å²) in [6, 6.07) is 0.384. The van der Waals surface area contributed by atoms with Crippen molar-refractivity contribution in [3.63, 3.8) is 0 Å². The Hall–Kier alpha value is -0.610. The second kappa shape index (κ2) is 4.58. The molecule has 1 fully saturated rings. The van der Waals surface area contributed by atoms with E-state index in [4.69, 9.17) is 5.73 Å². The van der Waals surface area contributed by atoms with E-state index in [1.807, 2.05) is 4.90 Å². The molecular formula is C13H27N3O. The van der Waals surface area contributed by atoms with Crippen LogP contribution in [0.3, 0.4) is 0 Å². The first-order valence-electron chi connectivity index (χ1n) is 6.38. The fraction of sp³-hybridized carbons (Fsp3) is 0.923. The summed E-state index contributed by atoms with van der Waals surface area (Å²) in [7, 11) is 0. The maximum atomic E-state index is 12.1. The average molecular weight is 241 g/mol. The van der Waals surface area contributed by atoms with Gasteiger partial charge in [0.05, 0.1) is 5.54 Å². The highest BCUT2D eigenvalue weighted by atomic mass is 16.2. The van der Waals surface area contributed by atoms with Gasteiger partial charge in [-0.15, -0.1) is 0 Å². The molecule has 1 saturated heterocycles. The third-order valence-electron chi connectivity index (χ3n) is 3.33. The van der Waals surface area contributed by atoms with Crippen LogP contribution in [-0.4, -0.2) is 52.5 Å². The lowest BCUT2D eigenvalue weighted by Crippen LogP contribution is -2.62. The van der Waals surface area contributed by atoms with E-state index in [2.05, 4.69) is 32.6 Å². The van der Waals surface area contributed by atoms with Crippen LogP contribution >= 0.6 is 0 Å². The zero-order chi connectivity index (χ0) is 13.4. The minimum Gasteiger partial charge on any atom is -0.338 e. The van der Waals surface area contributed by atoms with Gasteiger partial charge < -0.3 is 10.6 Å². The Morgan fingerprint density at radius 2 is 1.71 bits per heavy atom. The molecule has 1 heterocycles. The van der Waals surface area contributed by atoms with Crippen LogP contribution in [0.15, 0.2) is 0 Å². The maximum Gasteiger partial charge on any atom is 0.242 e. The summed E-state index contributed by atoms with van der Waals surface area (Å²) in [4.78, 5) is 16.4. The number of carbonyl (C=O) groups excluding carboxylic acids is 1. The second-order valence-corrected chi connectivity index (χ2v) is 6.69. The summed E-state index contributed by atoms with van der Waals surface area (Å²) in [5, 5.41) is 0. The minimum atomic E-state index is -0.760. The number of amides is 1. The highest BCUT2D eigenvalue weighted by molar-refractivity contribution is 5.85. The molecule has 100 valence electrons. The smallest absolute Gasteiger partial charge is 0.242 e. The van der Waals surface area contributed by atoms with Gasteiger partial charge in [0.2, 0.25) is 5.91 Å². The first-order valence-corrected chi connectivity index (χ1v) is 6.38. The molecular weight excluding hydrogens is 214 g/mol. The lowest BCUT2D eigenvalue weighted by molar-refractivity contribution is -0.140. The van der Waals surface area contributed by atoms with Gasteiger partial charge in [-0.1, -0.05) is 0 Å². The molecule has 0 saturated carbocycles. The lowest BCUT2D eigenvalue weighted by Gasteiger charge is -2.47. The van der Waals surface area contributed by atoms with Crippen molar-refractivity contribution in [1.82, 2.24) is 9.80 Å². The molecule has 0 spiro atoms. The predicted octanol–water partition coefficient (Wildman–Crippen LogP) is 1.05. The van der Waals surface area contributed by atoms with Crippen LogP contribution in [0.25, 0.3) is 0 Å². The number of hydrogen-bond acceptors (Lipinski definition) is 3. The minimum absolute atomic E-state index is 0.0536. The Balaban J connectivity index is 2.68. The van der Waals surface area contributed by atoms with Crippen molar-refractivity contribution in [3.8, 4) is 0 Å². The van der Waals surface area contributed by atoms with Gasteiger partial charge in [-0.3, -0.25) is 9.69 Å². The topological polar surface area (TPSA) is 49.6 Å². The van der Waals surface area contributed by atoms with Gasteiger partial charge in [-0.05, 0) is 41.5 Å². The molecule has 0 aromatic carbocycles. The van der Waals surface area contributed by atoms with Crippen LogP contribution < -0.4 is 5.73 Å². The summed E-state index contributed by atoms with van der Waals surface area (Å²) in [5.74, 6) is 0.0536. The van der Waals surface area contributed by atoms with E-state index in [1.54, 1.807) is 13.8 Å². The number of piperazine rings is 1. The van der Waals surface area contributed by atoms with Gasteiger partial charge >= 0.3 is 0 Å². The van der Waals surface area contributed by atoms with Crippen LogP contribution in [0.2, 0.25) is 0 Å². The third-order valence-corrected chi connectivity index (χ3v) is 3.33. The van der Waals surface area contributed by atoms with Crippen molar-refractivity contribution in [2.24, 2.45) is 5.73 Å². The second-order valence-electron chi connectivity index (χ2n) is 6.69. The van der Waals surface area contributed by atoms with Crippen LogP contribution in [0.5, 0.6) is 0 Å². The van der Waals surface area contributed by atoms with Crippen LogP contribution in [-0.2, 0) is 4.79 Å². The number of nitrogens with two attached hydrogens (primary N) is 1. The van der Waals surface area contributed by atoms with E-state index in [0.717, 1.165) is 19.6 Å². The lowest BCUT2D eigenvalue weighted by atomic mass is 9.99. The van der Waals surface area contributed by atoms with Crippen LogP contribution in [0, 0.1) is 0 Å². The Morgan fingerprint density at radius 1 is 1.18 bits per heavy atom. The molecule has 2 N–H and O–H groups in total. The fourth-order valence-corrected chi connectivity index (χ4v) is 2.55. The van der Waals surface area contributed by atoms with Gasteiger partial charge in [0.25, 0.3) is 0 Å². The van der Waals surface area contributed by atoms with Crippen molar-refractivity contribution in [2.75, 3.05) is 19.6 Å². The molecule has 1 amide bonds. The van der Waals surface area contributed by atoms with E-state index in [-0.39, 0.29) is 11.4 Å². The summed E-state index contributed by atoms with van der Waals surface area (Å²) in [6.45, 7) is 14.8. The molecule has 0 bridgehead atoms. The SMILES string of the molecule is C[C@H]1CN(C(=O)C(C)(C)N)CCN1C(C)(C)C. The van der Waals surface area contributed by atoms with E-state index in [0.29, 0.717) is 6.04 Å². The van der Waals surface area contributed by atoms with E-state index < -0.39 is 5.54 Å². The maximum absolute atomic E-state index is 12.1. The van der Waals surface area contributed by atoms with E-state index in [1.165, 1.54) is 0 Å². The summed E-state index contributed by atoms with van der Waals surface area (Å²) >= 11 is 0. The normalized spacial score (nSPS) is 23.9. The van der Waals surface area contributed by atoms with Gasteiger partial charge in [0, 0.05) is 31.2 Å². The number of carbonyl (C=O) groups is 1. The first-order chi connectivity index (χ1) is 7.53. The molecule has 0 aromatic heterocycles. The first kappa shape index (κ1) is 14.5. The number of rotatable bonds is 1. The highest BCUT2D eigenvalue weighted by Crippen LogP contribution is 2.21. The molecule has 0 radical (unpaired) electrons. The summed E-state index contributed by atoms with van der Waals surface area (Å²) in [5.41, 5.74) is 5.27. The molecule has 17 heavy (non-hydrogen) atoms. The highest BCUT2D eigenvalue weighted by Gasteiger charge is 2.36. The molecule has 0 unspecified atom stereocenters. The van der Waals surface area contributed by atoms with E-state index >= 15 is 0 Å². The van der Waals surface area contributed by atoms with Crippen molar-refractivity contribution >= 4 is 5.91 Å². The van der Waals surface area contributed by atoms with E-state index in [9.17, 15) is 4.79 Å². The summed E-state index contributed by atoms with van der Waals surface area (Å²) in [6.07, 6.45) is 0. The molecule has 1 aliphatic rings. The quantitative estimate of drug-likeness (QED) is 0.746. The molecule has 4 heteroatoms. The Morgan fingerprint density at radius 3 is 2.06 bits per heavy atom. The zero-order valence-electron chi connectivity index (χ0n) is 12.1. The molecule has 4 nitrogen and oxygen atoms in total. The Labute approximate surface area is 105 Å². The van der Waals surface area contributed by atoms with Crippen molar-refractivity contribution < 1.29 is 4.79 Å². The van der Waals surface area contributed by atoms with Crippen LogP contribution in [0.4, 0.5) is 0 Å². The predicted molar refractivity (Wildman–Crippen MR) is 70.8 cm³/mol. The van der Waals surface area contributed by atoms with Gasteiger partial charge in [-0.25, -0.2) is 0 Å². The number of nitrogens with zero attached hydrogens (tertiary/aromatic N) is 2. The standard InChI is InChI=1S/C13H27N3O/c1-10-9-15(11(17)13(5,6)14)7-8-16(10)12(2,3)4/h10H,7-9,14H2,1-6H3/t10-/m0/s1. The Kier molecular flexibility index (Phi) is 3.89. The molecule has 0 aromatic rings. The molecule has 1 aliphatic heterocycles. The Bertz CT molecular complexity index is 288. The van der Waals surface area contributed by atoms with Crippen molar-refractivity contribution in [1.29, 1.82) is 0 Å². The average Bonchev–Trinajstić information content (AvgIpc) is 2.12. The van der Waals surface area contributed by atoms with Crippen LogP contribution in [0.1, 0.15) is 41.5 Å². The van der Waals surface area contributed by atoms with Gasteiger partial charge in [-0.2, -0.15) is 0 Å².